The van der Waals surface area contributed by atoms with E-state index in [1.165, 1.54) is 25.8 Å². The summed E-state index contributed by atoms with van der Waals surface area (Å²) in [6.45, 7) is 10.9. The van der Waals surface area contributed by atoms with E-state index in [9.17, 15) is 0 Å². The van der Waals surface area contributed by atoms with Crippen molar-refractivity contribution in [3.63, 3.8) is 0 Å². The van der Waals surface area contributed by atoms with Gasteiger partial charge in [-0.2, -0.15) is 0 Å². The lowest BCUT2D eigenvalue weighted by Crippen LogP contribution is -2.64. The molecule has 3 heterocycles. The lowest BCUT2D eigenvalue weighted by Gasteiger charge is -2.60. The molecule has 1 nitrogen and oxygen atoms in total. The molecule has 0 amide bonds. The highest BCUT2D eigenvalue weighted by molar-refractivity contribution is 8.93. The number of hydrogen-bond acceptors (Lipinski definition) is 1. The number of fused-ring (bicyclic) bond motifs is 3. The Balaban J connectivity index is 0.000000845. The minimum absolute atomic E-state index is 0. The van der Waals surface area contributed by atoms with Gasteiger partial charge in [0.1, 0.15) is 0 Å². The minimum Gasteiger partial charge on any atom is -0.293 e. The Bertz CT molecular complexity index is 180. The number of rotatable bonds is 0. The molecule has 3 rings (SSSR count). The molecule has 0 unspecified atom stereocenters. The van der Waals surface area contributed by atoms with Crippen LogP contribution in [0.1, 0.15) is 47.0 Å². The third kappa shape index (κ3) is 1.80. The predicted molar refractivity (Wildman–Crippen MR) is 62.5 cm³/mol. The van der Waals surface area contributed by atoms with E-state index in [4.69, 9.17) is 0 Å². The van der Waals surface area contributed by atoms with Crippen molar-refractivity contribution >= 4 is 17.0 Å². The van der Waals surface area contributed by atoms with Crippen molar-refractivity contribution < 1.29 is 0 Å². The first kappa shape index (κ1) is 11.5. The van der Waals surface area contributed by atoms with Crippen molar-refractivity contribution in [2.75, 3.05) is 6.54 Å². The molecule has 0 aromatic heterocycles. The summed E-state index contributed by atoms with van der Waals surface area (Å²) in [5, 5.41) is 0. The smallest absolute Gasteiger partial charge is 0.0161 e. The quantitative estimate of drug-likeness (QED) is 0.636. The summed E-state index contributed by atoms with van der Waals surface area (Å²) < 4.78 is 0. The van der Waals surface area contributed by atoms with E-state index in [2.05, 4.69) is 32.6 Å². The van der Waals surface area contributed by atoms with Crippen LogP contribution in [0.15, 0.2) is 0 Å². The summed E-state index contributed by atoms with van der Waals surface area (Å²) in [5.74, 6) is 1.000. The Kier molecular flexibility index (Phi) is 2.86. The molecule has 0 N–H and O–H groups in total. The number of hydrogen-bond donors (Lipinski definition) is 0. The molecular weight excluding hydrogens is 226 g/mol. The van der Waals surface area contributed by atoms with Gasteiger partial charge < -0.3 is 0 Å². The molecule has 3 aliphatic heterocycles. The average Bonchev–Trinajstić information content (AvgIpc) is 1.80. The third-order valence-electron chi connectivity index (χ3n) is 3.80. The van der Waals surface area contributed by atoms with E-state index in [0.29, 0.717) is 11.1 Å². The van der Waals surface area contributed by atoms with E-state index in [1.807, 2.05) is 0 Å². The van der Waals surface area contributed by atoms with Crippen LogP contribution in [-0.2, 0) is 0 Å². The predicted octanol–water partition coefficient (Wildman–Crippen LogP) is 3.24. The fourth-order valence-electron chi connectivity index (χ4n) is 3.65. The summed E-state index contributed by atoms with van der Waals surface area (Å²) in [7, 11) is 0. The van der Waals surface area contributed by atoms with Gasteiger partial charge in [-0.3, -0.25) is 4.90 Å². The normalized spacial score (nSPS) is 39.7. The topological polar surface area (TPSA) is 3.24 Å². The van der Waals surface area contributed by atoms with Crippen LogP contribution in [0, 0.1) is 5.92 Å². The first-order valence-corrected chi connectivity index (χ1v) is 5.20. The van der Waals surface area contributed by atoms with Crippen LogP contribution in [0.3, 0.4) is 0 Å². The molecular formula is C11H22BrN. The van der Waals surface area contributed by atoms with Crippen LogP contribution in [0.25, 0.3) is 0 Å². The van der Waals surface area contributed by atoms with Crippen LogP contribution in [0.5, 0.6) is 0 Å². The summed E-state index contributed by atoms with van der Waals surface area (Å²) in [4.78, 5) is 2.71. The van der Waals surface area contributed by atoms with E-state index in [-0.39, 0.29) is 17.0 Å². The van der Waals surface area contributed by atoms with E-state index >= 15 is 0 Å². The molecule has 78 valence electrons. The maximum Gasteiger partial charge on any atom is 0.0161 e. The van der Waals surface area contributed by atoms with Gasteiger partial charge >= 0.3 is 0 Å². The molecule has 0 aromatic rings. The average molecular weight is 248 g/mol. The molecule has 3 aliphatic rings. The van der Waals surface area contributed by atoms with Crippen molar-refractivity contribution in [3.8, 4) is 0 Å². The van der Waals surface area contributed by atoms with E-state index in [1.54, 1.807) is 0 Å². The van der Waals surface area contributed by atoms with Gasteiger partial charge in [0.2, 0.25) is 0 Å². The van der Waals surface area contributed by atoms with Crippen molar-refractivity contribution in [1.82, 2.24) is 4.90 Å². The van der Waals surface area contributed by atoms with Crippen LogP contribution >= 0.6 is 17.0 Å². The highest BCUT2D eigenvalue weighted by Gasteiger charge is 2.48. The molecule has 0 saturated carbocycles. The van der Waals surface area contributed by atoms with Crippen molar-refractivity contribution in [1.29, 1.82) is 0 Å². The second-order valence-electron chi connectivity index (χ2n) is 5.84. The molecule has 0 aromatic carbocycles. The second kappa shape index (κ2) is 3.23. The zero-order valence-electron chi connectivity index (χ0n) is 9.26. The van der Waals surface area contributed by atoms with Crippen molar-refractivity contribution in [2.45, 2.75) is 58.0 Å². The molecule has 0 atom stereocenters. The molecule has 0 aliphatic carbocycles. The van der Waals surface area contributed by atoms with Crippen LogP contribution in [0.2, 0.25) is 0 Å². The highest BCUT2D eigenvalue weighted by atomic mass is 79.9. The van der Waals surface area contributed by atoms with Gasteiger partial charge in [0, 0.05) is 11.1 Å². The standard InChI is InChI=1S/C11H21N.BrH/c1-10(2)7-9-5-6-12(10)11(3,4)8-9;/h9H,5-8H2,1-4H3;1H. The molecule has 0 spiro atoms. The second-order valence-corrected chi connectivity index (χ2v) is 5.84. The maximum absolute atomic E-state index is 2.71. The lowest BCUT2D eigenvalue weighted by molar-refractivity contribution is -0.0943. The Labute approximate surface area is 92.6 Å². The number of halogens is 1. The molecule has 3 fully saturated rings. The molecule has 2 bridgehead atoms. The van der Waals surface area contributed by atoms with Gasteiger partial charge in [-0.25, -0.2) is 0 Å². The minimum atomic E-state index is 0. The van der Waals surface area contributed by atoms with Gasteiger partial charge in [0.05, 0.1) is 0 Å². The molecule has 0 radical (unpaired) electrons. The van der Waals surface area contributed by atoms with Gasteiger partial charge in [0.25, 0.3) is 0 Å². The number of piperidine rings is 3. The Morgan fingerprint density at radius 3 is 1.69 bits per heavy atom. The van der Waals surface area contributed by atoms with Crippen molar-refractivity contribution in [3.05, 3.63) is 0 Å². The summed E-state index contributed by atoms with van der Waals surface area (Å²) in [5.41, 5.74) is 0.926. The SMILES string of the molecule is Br.CC1(C)CC2CCN1C(C)(C)C2. The first-order chi connectivity index (χ1) is 5.42. The third-order valence-corrected chi connectivity index (χ3v) is 3.80. The van der Waals surface area contributed by atoms with Crippen LogP contribution in [-0.4, -0.2) is 22.5 Å². The lowest BCUT2D eigenvalue weighted by atomic mass is 9.68. The van der Waals surface area contributed by atoms with E-state index in [0.717, 1.165) is 5.92 Å². The molecule has 3 saturated heterocycles. The van der Waals surface area contributed by atoms with Crippen LogP contribution < -0.4 is 0 Å². The fourth-order valence-corrected chi connectivity index (χ4v) is 3.65. The Morgan fingerprint density at radius 2 is 1.46 bits per heavy atom. The Morgan fingerprint density at radius 1 is 1.00 bits per heavy atom. The van der Waals surface area contributed by atoms with Gasteiger partial charge in [-0.15, -0.1) is 17.0 Å². The van der Waals surface area contributed by atoms with E-state index < -0.39 is 0 Å². The fraction of sp³-hybridized carbons (Fsp3) is 1.00. The highest BCUT2D eigenvalue weighted by Crippen LogP contribution is 2.46. The van der Waals surface area contributed by atoms with Gasteiger partial charge in [-0.1, -0.05) is 0 Å². The maximum atomic E-state index is 2.71. The van der Waals surface area contributed by atoms with Gasteiger partial charge in [0.15, 0.2) is 0 Å². The molecule has 13 heavy (non-hydrogen) atoms. The molecule has 2 heteroatoms. The summed E-state index contributed by atoms with van der Waals surface area (Å²) in [6, 6.07) is 0. The largest absolute Gasteiger partial charge is 0.293 e. The monoisotopic (exact) mass is 247 g/mol. The summed E-state index contributed by atoms with van der Waals surface area (Å²) in [6.07, 6.45) is 4.26. The van der Waals surface area contributed by atoms with Crippen LogP contribution in [0.4, 0.5) is 0 Å². The van der Waals surface area contributed by atoms with Crippen molar-refractivity contribution in [2.24, 2.45) is 5.92 Å². The first-order valence-electron chi connectivity index (χ1n) is 5.20. The zero-order chi connectivity index (χ0) is 8.98. The van der Waals surface area contributed by atoms with Gasteiger partial charge in [-0.05, 0) is 59.4 Å². The summed E-state index contributed by atoms with van der Waals surface area (Å²) >= 11 is 0. The Hall–Kier alpha value is 0.440. The number of nitrogens with zero attached hydrogens (tertiary/aromatic N) is 1. The zero-order valence-corrected chi connectivity index (χ0v) is 11.0.